The van der Waals surface area contributed by atoms with Gasteiger partial charge >= 0.3 is 6.03 Å². The number of hydrogen-bond donors (Lipinski definition) is 2. The molecule has 3 amide bonds. The average molecular weight is 288 g/mol. The van der Waals surface area contributed by atoms with Crippen LogP contribution in [0.4, 0.5) is 4.79 Å². The molecule has 0 saturated carbocycles. The van der Waals surface area contributed by atoms with Crippen LogP contribution in [-0.4, -0.2) is 30.0 Å². The molecule has 5 nitrogen and oxygen atoms in total. The lowest BCUT2D eigenvalue weighted by Crippen LogP contribution is -2.54. The number of benzene rings is 1. The van der Waals surface area contributed by atoms with E-state index in [4.69, 9.17) is 23.2 Å². The fraction of sp³-hybridized carbons (Fsp3) is 0.273. The number of hydrogen-bond acceptors (Lipinski definition) is 2. The van der Waals surface area contributed by atoms with Crippen LogP contribution in [0.25, 0.3) is 0 Å². The van der Waals surface area contributed by atoms with Crippen LogP contribution in [0.5, 0.6) is 0 Å². The zero-order chi connectivity index (χ0) is 13.1. The first kappa shape index (κ1) is 13.0. The fourth-order valence-electron chi connectivity index (χ4n) is 1.60. The van der Waals surface area contributed by atoms with E-state index < -0.39 is 5.91 Å². The van der Waals surface area contributed by atoms with Gasteiger partial charge in [-0.05, 0) is 18.6 Å². The molecule has 0 aliphatic carbocycles. The summed E-state index contributed by atoms with van der Waals surface area (Å²) in [6.07, 6.45) is 0.773. The highest BCUT2D eigenvalue weighted by Gasteiger charge is 2.21. The number of urea groups is 1. The zero-order valence-electron chi connectivity index (χ0n) is 9.37. The van der Waals surface area contributed by atoms with E-state index in [1.54, 1.807) is 18.2 Å². The van der Waals surface area contributed by atoms with Crippen LogP contribution in [0.2, 0.25) is 10.0 Å². The molecule has 1 heterocycles. The van der Waals surface area contributed by atoms with E-state index in [2.05, 4.69) is 10.7 Å². The van der Waals surface area contributed by atoms with Gasteiger partial charge in [0, 0.05) is 13.1 Å². The van der Waals surface area contributed by atoms with Crippen LogP contribution >= 0.6 is 23.2 Å². The summed E-state index contributed by atoms with van der Waals surface area (Å²) in [5.74, 6) is -0.459. The highest BCUT2D eigenvalue weighted by molar-refractivity contribution is 6.43. The highest BCUT2D eigenvalue weighted by atomic mass is 35.5. The van der Waals surface area contributed by atoms with Crippen molar-refractivity contribution in [3.05, 3.63) is 33.8 Å². The van der Waals surface area contributed by atoms with Gasteiger partial charge < -0.3 is 5.32 Å². The predicted octanol–water partition coefficient (Wildman–Crippen LogP) is 2.05. The number of amides is 3. The Hall–Kier alpha value is -1.46. The largest absolute Gasteiger partial charge is 0.336 e. The van der Waals surface area contributed by atoms with E-state index in [0.717, 1.165) is 6.42 Å². The molecule has 1 aromatic carbocycles. The SMILES string of the molecule is O=C(NN1CCCNC1=O)c1cccc(Cl)c1Cl. The van der Waals surface area contributed by atoms with Crippen molar-refractivity contribution in [2.75, 3.05) is 13.1 Å². The molecule has 0 bridgehead atoms. The van der Waals surface area contributed by atoms with Gasteiger partial charge in [-0.15, -0.1) is 0 Å². The Kier molecular flexibility index (Phi) is 3.93. The third kappa shape index (κ3) is 2.68. The molecule has 18 heavy (non-hydrogen) atoms. The molecule has 0 unspecified atom stereocenters. The summed E-state index contributed by atoms with van der Waals surface area (Å²) in [5, 5.41) is 4.33. The fourth-order valence-corrected chi connectivity index (χ4v) is 1.98. The molecule has 0 aromatic heterocycles. The second kappa shape index (κ2) is 5.46. The van der Waals surface area contributed by atoms with E-state index in [1.165, 1.54) is 5.01 Å². The average Bonchev–Trinajstić information content (AvgIpc) is 2.35. The maximum atomic E-state index is 12.0. The Labute approximate surface area is 114 Å². The van der Waals surface area contributed by atoms with Gasteiger partial charge in [0.1, 0.15) is 0 Å². The number of carbonyl (C=O) groups excluding carboxylic acids is 2. The number of nitrogens with one attached hydrogen (secondary N) is 2. The summed E-state index contributed by atoms with van der Waals surface area (Å²) < 4.78 is 0. The normalized spacial score (nSPS) is 15.2. The van der Waals surface area contributed by atoms with E-state index >= 15 is 0 Å². The van der Waals surface area contributed by atoms with Gasteiger partial charge in [0.2, 0.25) is 0 Å². The van der Waals surface area contributed by atoms with Gasteiger partial charge in [-0.25, -0.2) is 9.80 Å². The van der Waals surface area contributed by atoms with Gasteiger partial charge in [-0.3, -0.25) is 10.2 Å². The molecule has 2 N–H and O–H groups in total. The highest BCUT2D eigenvalue weighted by Crippen LogP contribution is 2.25. The first-order chi connectivity index (χ1) is 8.59. The third-order valence-corrected chi connectivity index (χ3v) is 3.33. The molecule has 96 valence electrons. The summed E-state index contributed by atoms with van der Waals surface area (Å²) >= 11 is 11.8. The summed E-state index contributed by atoms with van der Waals surface area (Å²) in [6, 6.07) is 4.44. The van der Waals surface area contributed by atoms with Gasteiger partial charge in [-0.1, -0.05) is 29.3 Å². The molecular weight excluding hydrogens is 277 g/mol. The van der Waals surface area contributed by atoms with Crippen LogP contribution in [0.3, 0.4) is 0 Å². The van der Waals surface area contributed by atoms with Crippen LogP contribution in [0.15, 0.2) is 18.2 Å². The first-order valence-corrected chi connectivity index (χ1v) is 6.15. The summed E-state index contributed by atoms with van der Waals surface area (Å²) in [6.45, 7) is 1.08. The Balaban J connectivity index is 2.12. The van der Waals surface area contributed by atoms with Gasteiger partial charge in [-0.2, -0.15) is 0 Å². The smallest absolute Gasteiger partial charge is 0.336 e. The minimum atomic E-state index is -0.459. The second-order valence-electron chi connectivity index (χ2n) is 3.78. The molecule has 0 atom stereocenters. The van der Waals surface area contributed by atoms with E-state index in [0.29, 0.717) is 18.1 Å². The lowest BCUT2D eigenvalue weighted by atomic mass is 10.2. The van der Waals surface area contributed by atoms with Gasteiger partial charge in [0.25, 0.3) is 5.91 Å². The van der Waals surface area contributed by atoms with Gasteiger partial charge in [0.15, 0.2) is 0 Å². The monoisotopic (exact) mass is 287 g/mol. The molecule has 0 radical (unpaired) electrons. The molecule has 1 saturated heterocycles. The van der Waals surface area contributed by atoms with Crippen molar-refractivity contribution in [2.45, 2.75) is 6.42 Å². The maximum Gasteiger partial charge on any atom is 0.336 e. The second-order valence-corrected chi connectivity index (χ2v) is 4.56. The van der Waals surface area contributed by atoms with Crippen molar-refractivity contribution in [1.82, 2.24) is 15.8 Å². The Morgan fingerprint density at radius 1 is 1.39 bits per heavy atom. The van der Waals surface area contributed by atoms with Crippen LogP contribution in [0, 0.1) is 0 Å². The number of halogens is 2. The molecule has 1 aliphatic rings. The standard InChI is InChI=1S/C11H11Cl2N3O2/c12-8-4-1-3-7(9(8)13)10(17)15-16-6-2-5-14-11(16)18/h1,3-4H,2,5-6H2,(H,14,18)(H,15,17). The van der Waals surface area contributed by atoms with Crippen molar-refractivity contribution in [3.63, 3.8) is 0 Å². The Morgan fingerprint density at radius 3 is 2.89 bits per heavy atom. The quantitative estimate of drug-likeness (QED) is 0.875. The Morgan fingerprint density at radius 2 is 2.17 bits per heavy atom. The van der Waals surface area contributed by atoms with E-state index in [-0.39, 0.29) is 16.6 Å². The zero-order valence-corrected chi connectivity index (χ0v) is 10.9. The molecular formula is C11H11Cl2N3O2. The van der Waals surface area contributed by atoms with Crippen molar-refractivity contribution in [1.29, 1.82) is 0 Å². The lowest BCUT2D eigenvalue weighted by molar-refractivity contribution is 0.0809. The minimum absolute atomic E-state index is 0.175. The molecule has 1 aromatic rings. The molecule has 0 spiro atoms. The van der Waals surface area contributed by atoms with Crippen LogP contribution in [-0.2, 0) is 0 Å². The van der Waals surface area contributed by atoms with E-state index in [9.17, 15) is 9.59 Å². The number of nitrogens with zero attached hydrogens (tertiary/aromatic N) is 1. The van der Waals surface area contributed by atoms with E-state index in [1.807, 2.05) is 0 Å². The topological polar surface area (TPSA) is 61.4 Å². The molecule has 7 heteroatoms. The maximum absolute atomic E-state index is 12.0. The van der Waals surface area contributed by atoms with Crippen LogP contribution in [0.1, 0.15) is 16.8 Å². The number of rotatable bonds is 2. The molecule has 1 fully saturated rings. The summed E-state index contributed by atoms with van der Waals surface area (Å²) in [5.41, 5.74) is 2.73. The molecule has 2 rings (SSSR count). The van der Waals surface area contributed by atoms with Crippen molar-refractivity contribution < 1.29 is 9.59 Å². The lowest BCUT2D eigenvalue weighted by Gasteiger charge is -2.27. The van der Waals surface area contributed by atoms with Crippen molar-refractivity contribution >= 4 is 35.1 Å². The first-order valence-electron chi connectivity index (χ1n) is 5.40. The number of hydrazine groups is 1. The third-order valence-electron chi connectivity index (χ3n) is 2.51. The number of carbonyl (C=O) groups is 2. The van der Waals surface area contributed by atoms with Crippen molar-refractivity contribution in [3.8, 4) is 0 Å². The summed E-state index contributed by atoms with van der Waals surface area (Å²) in [4.78, 5) is 23.4. The summed E-state index contributed by atoms with van der Waals surface area (Å²) in [7, 11) is 0. The predicted molar refractivity (Wildman–Crippen MR) is 68.6 cm³/mol. The Bertz CT molecular complexity index is 493. The van der Waals surface area contributed by atoms with Crippen LogP contribution < -0.4 is 10.7 Å². The minimum Gasteiger partial charge on any atom is -0.336 e. The van der Waals surface area contributed by atoms with Crippen molar-refractivity contribution in [2.24, 2.45) is 0 Å². The van der Waals surface area contributed by atoms with Gasteiger partial charge in [0.05, 0.1) is 15.6 Å². The molecule has 1 aliphatic heterocycles.